The molecule has 1 saturated heterocycles. The van der Waals surface area contributed by atoms with Gasteiger partial charge < -0.3 is 29.2 Å². The summed E-state index contributed by atoms with van der Waals surface area (Å²) in [5.74, 6) is 1.73. The number of ether oxygens (including phenoxy) is 4. The van der Waals surface area contributed by atoms with E-state index in [4.69, 9.17) is 18.9 Å². The van der Waals surface area contributed by atoms with Gasteiger partial charge in [0.15, 0.2) is 0 Å². The van der Waals surface area contributed by atoms with Gasteiger partial charge in [0.05, 0.1) is 46.1 Å². The standard InChI is InChI=1S/C28H30N2O6/c1-33-20-9-5-18(6-10-20)27-23(28(32)29-24-15-13-22(35-3)17-25(24)36-4)14-16-26(31)30(27)19-7-11-21(34-2)12-8-19/h5-13,15,17,23,27H,14,16H2,1-4H3,(H,29,32)/t23-,27+/m1/s1. The van der Waals surface area contributed by atoms with E-state index in [0.29, 0.717) is 40.8 Å². The van der Waals surface area contributed by atoms with Gasteiger partial charge in [-0.25, -0.2) is 0 Å². The second-order valence-electron chi connectivity index (χ2n) is 8.38. The quantitative estimate of drug-likeness (QED) is 0.486. The molecule has 0 bridgehead atoms. The highest BCUT2D eigenvalue weighted by Crippen LogP contribution is 2.42. The lowest BCUT2D eigenvalue weighted by molar-refractivity contribution is -0.125. The van der Waals surface area contributed by atoms with E-state index in [-0.39, 0.29) is 18.2 Å². The molecule has 2 atom stereocenters. The summed E-state index contributed by atoms with van der Waals surface area (Å²) in [7, 11) is 6.30. The molecule has 0 unspecified atom stereocenters. The number of piperidine rings is 1. The third-order valence-electron chi connectivity index (χ3n) is 6.41. The fourth-order valence-electron chi connectivity index (χ4n) is 4.52. The van der Waals surface area contributed by atoms with Crippen molar-refractivity contribution in [2.45, 2.75) is 18.9 Å². The Morgan fingerprint density at radius 1 is 0.806 bits per heavy atom. The Labute approximate surface area is 210 Å². The van der Waals surface area contributed by atoms with Gasteiger partial charge in [0.1, 0.15) is 23.0 Å². The minimum atomic E-state index is -0.519. The summed E-state index contributed by atoms with van der Waals surface area (Å²) in [5, 5.41) is 3.01. The Morgan fingerprint density at radius 3 is 1.97 bits per heavy atom. The highest BCUT2D eigenvalue weighted by atomic mass is 16.5. The smallest absolute Gasteiger partial charge is 0.230 e. The van der Waals surface area contributed by atoms with Crippen molar-refractivity contribution in [3.05, 3.63) is 72.3 Å². The SMILES string of the molecule is COc1ccc([C@H]2[C@H](C(=O)Nc3ccc(OC)cc3OC)CCC(=O)N2c2ccc(OC)cc2)cc1. The lowest BCUT2D eigenvalue weighted by Gasteiger charge is -2.41. The molecule has 0 saturated carbocycles. The lowest BCUT2D eigenvalue weighted by Crippen LogP contribution is -2.47. The number of methoxy groups -OCH3 is 4. The van der Waals surface area contributed by atoms with Gasteiger partial charge in [0, 0.05) is 18.2 Å². The average Bonchev–Trinajstić information content (AvgIpc) is 2.93. The van der Waals surface area contributed by atoms with E-state index < -0.39 is 12.0 Å². The molecule has 3 aromatic rings. The predicted octanol–water partition coefficient (Wildman–Crippen LogP) is 4.84. The molecule has 36 heavy (non-hydrogen) atoms. The molecule has 4 rings (SSSR count). The first-order valence-corrected chi connectivity index (χ1v) is 11.6. The molecule has 0 aliphatic carbocycles. The van der Waals surface area contributed by atoms with Crippen molar-refractivity contribution in [3.8, 4) is 23.0 Å². The first-order valence-electron chi connectivity index (χ1n) is 11.6. The second kappa shape index (κ2) is 11.0. The Kier molecular flexibility index (Phi) is 7.63. The molecule has 1 N–H and O–H groups in total. The Bertz CT molecular complexity index is 1210. The highest BCUT2D eigenvalue weighted by molar-refractivity contribution is 6.00. The molecule has 3 aromatic carbocycles. The molecular weight excluding hydrogens is 460 g/mol. The zero-order valence-corrected chi connectivity index (χ0v) is 20.8. The number of rotatable bonds is 8. The van der Waals surface area contributed by atoms with Crippen molar-refractivity contribution >= 4 is 23.2 Å². The Hall–Kier alpha value is -4.20. The monoisotopic (exact) mass is 490 g/mol. The van der Waals surface area contributed by atoms with E-state index in [9.17, 15) is 9.59 Å². The number of carbonyl (C=O) groups is 2. The van der Waals surface area contributed by atoms with Crippen LogP contribution in [0.5, 0.6) is 23.0 Å². The zero-order valence-electron chi connectivity index (χ0n) is 20.8. The van der Waals surface area contributed by atoms with Gasteiger partial charge >= 0.3 is 0 Å². The number of benzene rings is 3. The van der Waals surface area contributed by atoms with Gasteiger partial charge in [-0.3, -0.25) is 9.59 Å². The summed E-state index contributed by atoms with van der Waals surface area (Å²) in [4.78, 5) is 28.7. The van der Waals surface area contributed by atoms with E-state index in [0.717, 1.165) is 5.56 Å². The van der Waals surface area contributed by atoms with E-state index >= 15 is 0 Å². The maximum Gasteiger partial charge on any atom is 0.230 e. The van der Waals surface area contributed by atoms with Crippen molar-refractivity contribution in [2.75, 3.05) is 38.7 Å². The molecule has 0 radical (unpaired) electrons. The topological polar surface area (TPSA) is 86.3 Å². The van der Waals surface area contributed by atoms with Crippen molar-refractivity contribution in [2.24, 2.45) is 5.92 Å². The summed E-state index contributed by atoms with van der Waals surface area (Å²) in [6.07, 6.45) is 0.656. The number of amides is 2. The first-order chi connectivity index (χ1) is 17.5. The minimum Gasteiger partial charge on any atom is -0.497 e. The van der Waals surface area contributed by atoms with Crippen LogP contribution in [-0.2, 0) is 9.59 Å². The predicted molar refractivity (Wildman–Crippen MR) is 137 cm³/mol. The molecule has 8 heteroatoms. The van der Waals surface area contributed by atoms with Crippen LogP contribution >= 0.6 is 0 Å². The zero-order chi connectivity index (χ0) is 25.7. The van der Waals surface area contributed by atoms with Gasteiger partial charge in [0.2, 0.25) is 11.8 Å². The molecule has 1 aliphatic heterocycles. The van der Waals surface area contributed by atoms with Crippen molar-refractivity contribution in [3.63, 3.8) is 0 Å². The molecule has 8 nitrogen and oxygen atoms in total. The van der Waals surface area contributed by atoms with Crippen LogP contribution in [0.4, 0.5) is 11.4 Å². The van der Waals surface area contributed by atoms with Gasteiger partial charge in [0.25, 0.3) is 0 Å². The Morgan fingerprint density at radius 2 is 1.39 bits per heavy atom. The van der Waals surface area contributed by atoms with E-state index in [1.807, 2.05) is 36.4 Å². The Balaban J connectivity index is 1.72. The van der Waals surface area contributed by atoms with Crippen molar-refractivity contribution in [1.82, 2.24) is 0 Å². The molecule has 1 heterocycles. The van der Waals surface area contributed by atoms with E-state index in [1.165, 1.54) is 7.11 Å². The van der Waals surface area contributed by atoms with Crippen LogP contribution < -0.4 is 29.2 Å². The fraction of sp³-hybridized carbons (Fsp3) is 0.286. The van der Waals surface area contributed by atoms with Gasteiger partial charge in [-0.05, 0) is 60.5 Å². The number of hydrogen-bond donors (Lipinski definition) is 1. The van der Waals surface area contributed by atoms with Gasteiger partial charge in [-0.1, -0.05) is 12.1 Å². The van der Waals surface area contributed by atoms with Crippen LogP contribution in [0.15, 0.2) is 66.7 Å². The molecule has 0 aromatic heterocycles. The van der Waals surface area contributed by atoms with Gasteiger partial charge in [-0.2, -0.15) is 0 Å². The van der Waals surface area contributed by atoms with Crippen molar-refractivity contribution in [1.29, 1.82) is 0 Å². The summed E-state index contributed by atoms with van der Waals surface area (Å²) in [6.45, 7) is 0. The normalized spacial score (nSPS) is 17.3. The molecule has 1 fully saturated rings. The van der Waals surface area contributed by atoms with Crippen LogP contribution in [0.3, 0.4) is 0 Å². The maximum absolute atomic E-state index is 13.7. The molecule has 2 amide bonds. The average molecular weight is 491 g/mol. The number of nitrogens with one attached hydrogen (secondary N) is 1. The van der Waals surface area contributed by atoms with E-state index in [1.54, 1.807) is 56.6 Å². The largest absolute Gasteiger partial charge is 0.497 e. The lowest BCUT2D eigenvalue weighted by atomic mass is 9.83. The number of anilines is 2. The van der Waals surface area contributed by atoms with E-state index in [2.05, 4.69) is 5.32 Å². The van der Waals surface area contributed by atoms with Crippen LogP contribution in [0.25, 0.3) is 0 Å². The highest BCUT2D eigenvalue weighted by Gasteiger charge is 2.41. The third kappa shape index (κ3) is 5.07. The molecule has 1 aliphatic rings. The number of nitrogens with zero attached hydrogens (tertiary/aromatic N) is 1. The first kappa shape index (κ1) is 24.9. The summed E-state index contributed by atoms with van der Waals surface area (Å²) in [6, 6.07) is 19.4. The number of hydrogen-bond acceptors (Lipinski definition) is 6. The van der Waals surface area contributed by atoms with Crippen LogP contribution in [0, 0.1) is 5.92 Å². The fourth-order valence-corrected chi connectivity index (χ4v) is 4.52. The molecule has 188 valence electrons. The van der Waals surface area contributed by atoms with Crippen LogP contribution in [0.2, 0.25) is 0 Å². The maximum atomic E-state index is 13.7. The minimum absolute atomic E-state index is 0.0490. The summed E-state index contributed by atoms with van der Waals surface area (Å²) in [5.41, 5.74) is 2.06. The van der Waals surface area contributed by atoms with Crippen LogP contribution in [-0.4, -0.2) is 40.3 Å². The second-order valence-corrected chi connectivity index (χ2v) is 8.38. The molecule has 0 spiro atoms. The van der Waals surface area contributed by atoms with Crippen LogP contribution in [0.1, 0.15) is 24.4 Å². The third-order valence-corrected chi connectivity index (χ3v) is 6.41. The van der Waals surface area contributed by atoms with Gasteiger partial charge in [-0.15, -0.1) is 0 Å². The van der Waals surface area contributed by atoms with Crippen molar-refractivity contribution < 1.29 is 28.5 Å². The number of carbonyl (C=O) groups excluding carboxylic acids is 2. The molecular formula is C28H30N2O6. The summed E-state index contributed by atoms with van der Waals surface area (Å²) >= 11 is 0. The summed E-state index contributed by atoms with van der Waals surface area (Å²) < 4.78 is 21.3.